The summed E-state index contributed by atoms with van der Waals surface area (Å²) in [6.45, 7) is 0.453. The van der Waals surface area contributed by atoms with Gasteiger partial charge < -0.3 is 30.1 Å². The standard InChI is InChI=1S/C27H28ClFN6O5/c1-39-24-4-2-3-21(33-24)22(14-36)32-23(37)13-35-12-18-17(26(35)38)9-15(10-20(18)29)25-19(28)11-30-27(34-25)31-16-5-7-40-8-6-16/h2-4,9-11,16,22,36H,5-8,12-14H2,1H3,(H,32,37)(H,30,31,34). The van der Waals surface area contributed by atoms with Crippen molar-refractivity contribution in [2.45, 2.75) is 31.5 Å². The minimum absolute atomic E-state index is 0.0804. The number of fused-ring (bicyclic) bond motifs is 1. The van der Waals surface area contributed by atoms with Crippen molar-refractivity contribution in [2.24, 2.45) is 0 Å². The van der Waals surface area contributed by atoms with Crippen molar-refractivity contribution < 1.29 is 28.6 Å². The predicted octanol–water partition coefficient (Wildman–Crippen LogP) is 2.74. The zero-order valence-electron chi connectivity index (χ0n) is 21.7. The molecule has 3 N–H and O–H groups in total. The first-order chi connectivity index (χ1) is 19.4. The van der Waals surface area contributed by atoms with Crippen molar-refractivity contribution in [1.29, 1.82) is 0 Å². The predicted molar refractivity (Wildman–Crippen MR) is 143 cm³/mol. The maximum atomic E-state index is 15.2. The topological polar surface area (TPSA) is 139 Å². The molecule has 2 aliphatic heterocycles. The van der Waals surface area contributed by atoms with Gasteiger partial charge in [-0.15, -0.1) is 0 Å². The van der Waals surface area contributed by atoms with Gasteiger partial charge in [-0.1, -0.05) is 17.7 Å². The molecule has 1 saturated heterocycles. The smallest absolute Gasteiger partial charge is 0.255 e. The Morgan fingerprint density at radius 2 is 2.10 bits per heavy atom. The van der Waals surface area contributed by atoms with Gasteiger partial charge in [0.05, 0.1) is 48.9 Å². The molecule has 210 valence electrons. The third-order valence-corrected chi connectivity index (χ3v) is 7.07. The molecule has 2 amide bonds. The van der Waals surface area contributed by atoms with Crippen LogP contribution in [0.1, 0.15) is 40.5 Å². The highest BCUT2D eigenvalue weighted by atomic mass is 35.5. The van der Waals surface area contributed by atoms with Gasteiger partial charge in [0.2, 0.25) is 17.7 Å². The molecule has 0 radical (unpaired) electrons. The molecular weight excluding hydrogens is 543 g/mol. The van der Waals surface area contributed by atoms with E-state index in [0.717, 1.165) is 12.8 Å². The molecule has 5 rings (SSSR count). The van der Waals surface area contributed by atoms with E-state index in [4.69, 9.17) is 21.1 Å². The SMILES string of the molecule is COc1cccc(C(CO)NC(=O)CN2Cc3c(F)cc(-c4nc(NC5CCOCC5)ncc4Cl)cc3C2=O)n1. The second-order valence-corrected chi connectivity index (χ2v) is 9.88. The maximum Gasteiger partial charge on any atom is 0.255 e. The molecule has 13 heteroatoms. The molecular formula is C27H28ClFN6O5. The lowest BCUT2D eigenvalue weighted by Crippen LogP contribution is -2.40. The van der Waals surface area contributed by atoms with Crippen LogP contribution in [0, 0.1) is 5.82 Å². The summed E-state index contributed by atoms with van der Waals surface area (Å²) in [6.07, 6.45) is 3.05. The number of aromatic nitrogens is 3. The number of rotatable bonds is 9. The number of benzene rings is 1. The molecule has 11 nitrogen and oxygen atoms in total. The second kappa shape index (κ2) is 12.1. The van der Waals surface area contributed by atoms with E-state index >= 15 is 4.39 Å². The highest BCUT2D eigenvalue weighted by molar-refractivity contribution is 6.33. The van der Waals surface area contributed by atoms with Crippen molar-refractivity contribution in [3.63, 3.8) is 0 Å². The van der Waals surface area contributed by atoms with Crippen LogP contribution in [0.5, 0.6) is 5.88 Å². The highest BCUT2D eigenvalue weighted by Gasteiger charge is 2.33. The lowest BCUT2D eigenvalue weighted by molar-refractivity contribution is -0.123. The molecule has 2 aromatic heterocycles. The van der Waals surface area contributed by atoms with Crippen LogP contribution >= 0.6 is 11.6 Å². The Balaban J connectivity index is 1.30. The first-order valence-corrected chi connectivity index (χ1v) is 13.1. The average molecular weight is 571 g/mol. The Bertz CT molecular complexity index is 1420. The second-order valence-electron chi connectivity index (χ2n) is 9.47. The molecule has 4 heterocycles. The first-order valence-electron chi connectivity index (χ1n) is 12.8. The zero-order chi connectivity index (χ0) is 28.2. The van der Waals surface area contributed by atoms with Crippen molar-refractivity contribution in [1.82, 2.24) is 25.2 Å². The number of nitrogens with one attached hydrogen (secondary N) is 2. The summed E-state index contributed by atoms with van der Waals surface area (Å²) in [5, 5.41) is 15.9. The van der Waals surface area contributed by atoms with E-state index in [2.05, 4.69) is 25.6 Å². The monoisotopic (exact) mass is 570 g/mol. The van der Waals surface area contributed by atoms with Crippen LogP contribution in [0.25, 0.3) is 11.3 Å². The van der Waals surface area contributed by atoms with Crippen LogP contribution in [0.4, 0.5) is 10.3 Å². The number of anilines is 1. The van der Waals surface area contributed by atoms with E-state index in [1.54, 1.807) is 18.2 Å². The fraction of sp³-hybridized carbons (Fsp3) is 0.370. The number of methoxy groups -OCH3 is 1. The van der Waals surface area contributed by atoms with E-state index in [-0.39, 0.29) is 41.0 Å². The van der Waals surface area contributed by atoms with Crippen molar-refractivity contribution in [3.05, 3.63) is 64.2 Å². The van der Waals surface area contributed by atoms with Crippen molar-refractivity contribution in [3.8, 4) is 17.1 Å². The van der Waals surface area contributed by atoms with Gasteiger partial charge in [-0.05, 0) is 31.0 Å². The summed E-state index contributed by atoms with van der Waals surface area (Å²) >= 11 is 6.37. The summed E-state index contributed by atoms with van der Waals surface area (Å²) in [4.78, 5) is 40.2. The fourth-order valence-electron chi connectivity index (χ4n) is 4.71. The fourth-order valence-corrected chi connectivity index (χ4v) is 4.91. The summed E-state index contributed by atoms with van der Waals surface area (Å²) in [5.41, 5.74) is 1.32. The Morgan fingerprint density at radius 3 is 2.85 bits per heavy atom. The lowest BCUT2D eigenvalue weighted by atomic mass is 10.0. The van der Waals surface area contributed by atoms with Gasteiger partial charge in [-0.25, -0.2) is 19.3 Å². The Kier molecular flexibility index (Phi) is 8.38. The van der Waals surface area contributed by atoms with Crippen molar-refractivity contribution >= 4 is 29.4 Å². The molecule has 0 bridgehead atoms. The third kappa shape index (κ3) is 5.98. The molecule has 1 atom stereocenters. The van der Waals surface area contributed by atoms with Crippen LogP contribution in [0.2, 0.25) is 5.02 Å². The van der Waals surface area contributed by atoms with Gasteiger partial charge in [0, 0.05) is 42.0 Å². The molecule has 0 aliphatic carbocycles. The van der Waals surface area contributed by atoms with Crippen LogP contribution in [-0.2, 0) is 16.1 Å². The average Bonchev–Trinajstić information content (AvgIpc) is 3.28. The van der Waals surface area contributed by atoms with E-state index < -0.39 is 30.3 Å². The van der Waals surface area contributed by atoms with E-state index in [1.165, 1.54) is 30.3 Å². The minimum atomic E-state index is -0.810. The number of hydrogen-bond donors (Lipinski definition) is 3. The van der Waals surface area contributed by atoms with Crippen molar-refractivity contribution in [2.75, 3.05) is 38.8 Å². The van der Waals surface area contributed by atoms with Gasteiger partial charge in [0.1, 0.15) is 12.4 Å². The number of aliphatic hydroxyl groups excluding tert-OH is 1. The van der Waals surface area contributed by atoms with Crippen LogP contribution < -0.4 is 15.4 Å². The number of amides is 2. The number of pyridine rings is 1. The quantitative estimate of drug-likeness (QED) is 0.354. The van der Waals surface area contributed by atoms with Gasteiger partial charge in [0.25, 0.3) is 5.91 Å². The molecule has 1 fully saturated rings. The number of hydrogen-bond acceptors (Lipinski definition) is 9. The van der Waals surface area contributed by atoms with Gasteiger partial charge >= 0.3 is 0 Å². The molecule has 40 heavy (non-hydrogen) atoms. The normalized spacial score (nSPS) is 16.0. The zero-order valence-corrected chi connectivity index (χ0v) is 22.4. The Hall–Kier alpha value is -3.87. The van der Waals surface area contributed by atoms with E-state index in [9.17, 15) is 14.7 Å². The van der Waals surface area contributed by atoms with E-state index in [1.807, 2.05) is 0 Å². The number of carbonyl (C=O) groups excluding carboxylic acids is 2. The molecule has 3 aromatic rings. The largest absolute Gasteiger partial charge is 0.481 e. The number of halogens is 2. The molecule has 1 unspecified atom stereocenters. The van der Waals surface area contributed by atoms with E-state index in [0.29, 0.717) is 36.3 Å². The van der Waals surface area contributed by atoms with Crippen LogP contribution in [0.15, 0.2) is 36.5 Å². The number of aliphatic hydroxyl groups is 1. The van der Waals surface area contributed by atoms with Crippen LogP contribution in [0.3, 0.4) is 0 Å². The minimum Gasteiger partial charge on any atom is -0.481 e. The first kappa shape index (κ1) is 27.7. The summed E-state index contributed by atoms with van der Waals surface area (Å²) in [7, 11) is 1.46. The number of carbonyl (C=O) groups is 2. The number of nitrogens with zero attached hydrogens (tertiary/aromatic N) is 4. The lowest BCUT2D eigenvalue weighted by Gasteiger charge is -2.23. The number of ether oxygens (including phenoxy) is 2. The molecule has 2 aliphatic rings. The van der Waals surface area contributed by atoms with Crippen LogP contribution in [-0.4, -0.2) is 76.3 Å². The summed E-state index contributed by atoms with van der Waals surface area (Å²) < 4.78 is 25.7. The highest BCUT2D eigenvalue weighted by Crippen LogP contribution is 2.33. The Morgan fingerprint density at radius 1 is 1.30 bits per heavy atom. The van der Waals surface area contributed by atoms with Gasteiger partial charge in [-0.3, -0.25) is 9.59 Å². The summed E-state index contributed by atoms with van der Waals surface area (Å²) in [5.74, 6) is -0.964. The third-order valence-electron chi connectivity index (χ3n) is 6.80. The molecule has 1 aromatic carbocycles. The Labute approximate surface area is 234 Å². The van der Waals surface area contributed by atoms with Gasteiger partial charge in [-0.2, -0.15) is 0 Å². The molecule has 0 spiro atoms. The van der Waals surface area contributed by atoms with Gasteiger partial charge in [0.15, 0.2) is 0 Å². The maximum absolute atomic E-state index is 15.2. The molecule has 0 saturated carbocycles. The summed E-state index contributed by atoms with van der Waals surface area (Å²) in [6, 6.07) is 7.10.